The molecule has 7 heteroatoms. The van der Waals surface area contributed by atoms with Crippen molar-refractivity contribution in [2.45, 2.75) is 19.8 Å². The quantitative estimate of drug-likeness (QED) is 0.782. The van der Waals surface area contributed by atoms with Gasteiger partial charge in [0.1, 0.15) is 9.88 Å². The summed E-state index contributed by atoms with van der Waals surface area (Å²) in [5, 5.41) is 5.99. The highest BCUT2D eigenvalue weighted by molar-refractivity contribution is 7.19. The molecular formula is C14H22N4O2S. The lowest BCUT2D eigenvalue weighted by Crippen LogP contribution is -2.25. The van der Waals surface area contributed by atoms with Crippen LogP contribution in [0.1, 0.15) is 39.8 Å². The van der Waals surface area contributed by atoms with E-state index in [4.69, 9.17) is 5.73 Å². The number of nitrogens with two attached hydrogens (primary N) is 1. The Kier molecular flexibility index (Phi) is 4.72. The average Bonchev–Trinajstić information content (AvgIpc) is 3.09. The smallest absolute Gasteiger partial charge is 0.263 e. The van der Waals surface area contributed by atoms with Crippen molar-refractivity contribution in [3.05, 3.63) is 10.4 Å². The van der Waals surface area contributed by atoms with Gasteiger partial charge >= 0.3 is 0 Å². The molecule has 0 aromatic carbocycles. The van der Waals surface area contributed by atoms with Crippen LogP contribution in [0.4, 0.5) is 10.7 Å². The molecule has 21 heavy (non-hydrogen) atoms. The predicted octanol–water partition coefficient (Wildman–Crippen LogP) is 1.29. The van der Waals surface area contributed by atoms with Gasteiger partial charge < -0.3 is 21.3 Å². The molecule has 1 saturated heterocycles. The van der Waals surface area contributed by atoms with Crippen molar-refractivity contribution in [1.82, 2.24) is 10.6 Å². The Morgan fingerprint density at radius 1 is 1.33 bits per heavy atom. The Morgan fingerprint density at radius 3 is 2.52 bits per heavy atom. The summed E-state index contributed by atoms with van der Waals surface area (Å²) in [6.07, 6.45) is 2.23. The lowest BCUT2D eigenvalue weighted by Gasteiger charge is -2.18. The average molecular weight is 310 g/mol. The summed E-state index contributed by atoms with van der Waals surface area (Å²) in [6.45, 7) is 3.98. The number of anilines is 2. The van der Waals surface area contributed by atoms with Crippen molar-refractivity contribution in [3.8, 4) is 0 Å². The molecule has 0 saturated carbocycles. The van der Waals surface area contributed by atoms with Gasteiger partial charge in [0.2, 0.25) is 0 Å². The summed E-state index contributed by atoms with van der Waals surface area (Å²) in [5.74, 6) is 0.142. The molecule has 1 aromatic heterocycles. The molecular weight excluding hydrogens is 288 g/mol. The summed E-state index contributed by atoms with van der Waals surface area (Å²) >= 11 is 1.30. The van der Waals surface area contributed by atoms with E-state index in [0.717, 1.165) is 30.9 Å². The number of nitrogen functional groups attached to an aromatic ring is 1. The third-order valence-corrected chi connectivity index (χ3v) is 5.23. The fourth-order valence-corrected chi connectivity index (χ4v) is 3.83. The highest BCUT2D eigenvalue weighted by Crippen LogP contribution is 2.40. The SMILES string of the molecule is CCC1CCN(c2sc(C(=O)NC)c(N)c2C(=O)NC)C1. The molecule has 0 aliphatic carbocycles. The monoisotopic (exact) mass is 310 g/mol. The number of carbonyl (C=O) groups excluding carboxylic acids is 2. The van der Waals surface area contributed by atoms with Crippen LogP contribution in [-0.2, 0) is 0 Å². The van der Waals surface area contributed by atoms with Crippen molar-refractivity contribution in [1.29, 1.82) is 0 Å². The highest BCUT2D eigenvalue weighted by atomic mass is 32.1. The fraction of sp³-hybridized carbons (Fsp3) is 0.571. The van der Waals surface area contributed by atoms with E-state index in [-0.39, 0.29) is 17.5 Å². The van der Waals surface area contributed by atoms with Gasteiger partial charge in [-0.1, -0.05) is 13.3 Å². The minimum absolute atomic E-state index is 0.242. The van der Waals surface area contributed by atoms with E-state index < -0.39 is 0 Å². The molecule has 1 fully saturated rings. The zero-order valence-corrected chi connectivity index (χ0v) is 13.5. The largest absolute Gasteiger partial charge is 0.397 e. The highest BCUT2D eigenvalue weighted by Gasteiger charge is 2.31. The number of amides is 2. The Morgan fingerprint density at radius 2 is 2.00 bits per heavy atom. The number of hydrogen-bond donors (Lipinski definition) is 3. The molecule has 2 rings (SSSR count). The van der Waals surface area contributed by atoms with Gasteiger partial charge in [-0.05, 0) is 12.3 Å². The zero-order chi connectivity index (χ0) is 15.6. The molecule has 6 nitrogen and oxygen atoms in total. The van der Waals surface area contributed by atoms with E-state index in [0.29, 0.717) is 16.4 Å². The van der Waals surface area contributed by atoms with E-state index in [2.05, 4.69) is 22.5 Å². The van der Waals surface area contributed by atoms with E-state index in [1.54, 1.807) is 14.1 Å². The second kappa shape index (κ2) is 6.34. The van der Waals surface area contributed by atoms with Crippen LogP contribution in [0.5, 0.6) is 0 Å². The van der Waals surface area contributed by atoms with Gasteiger partial charge in [0.15, 0.2) is 0 Å². The van der Waals surface area contributed by atoms with E-state index in [1.807, 2.05) is 0 Å². The van der Waals surface area contributed by atoms with Gasteiger partial charge in [-0.25, -0.2) is 0 Å². The van der Waals surface area contributed by atoms with Crippen LogP contribution in [0.25, 0.3) is 0 Å². The fourth-order valence-electron chi connectivity index (χ4n) is 2.63. The number of nitrogens with zero attached hydrogens (tertiary/aromatic N) is 1. The molecule has 116 valence electrons. The molecule has 0 bridgehead atoms. The van der Waals surface area contributed by atoms with Gasteiger partial charge in [-0.3, -0.25) is 9.59 Å². The number of hydrogen-bond acceptors (Lipinski definition) is 5. The van der Waals surface area contributed by atoms with Crippen molar-refractivity contribution < 1.29 is 9.59 Å². The van der Waals surface area contributed by atoms with Crippen LogP contribution >= 0.6 is 11.3 Å². The zero-order valence-electron chi connectivity index (χ0n) is 12.7. The lowest BCUT2D eigenvalue weighted by atomic mass is 10.1. The van der Waals surface area contributed by atoms with Gasteiger partial charge in [0.25, 0.3) is 11.8 Å². The van der Waals surface area contributed by atoms with E-state index in [9.17, 15) is 9.59 Å². The molecule has 1 atom stereocenters. The van der Waals surface area contributed by atoms with Crippen molar-refractivity contribution in [3.63, 3.8) is 0 Å². The summed E-state index contributed by atoms with van der Waals surface area (Å²) in [6, 6.07) is 0. The summed E-state index contributed by atoms with van der Waals surface area (Å²) in [5.41, 5.74) is 6.75. The first-order chi connectivity index (χ1) is 10.0. The molecule has 1 aliphatic heterocycles. The second-order valence-corrected chi connectivity index (χ2v) is 6.19. The molecule has 1 unspecified atom stereocenters. The summed E-state index contributed by atoms with van der Waals surface area (Å²) in [4.78, 5) is 26.6. The molecule has 0 radical (unpaired) electrons. The molecule has 2 heterocycles. The second-order valence-electron chi connectivity index (χ2n) is 5.19. The van der Waals surface area contributed by atoms with Gasteiger partial charge in [0.05, 0.1) is 11.3 Å². The van der Waals surface area contributed by atoms with Crippen molar-refractivity contribution in [2.24, 2.45) is 5.92 Å². The summed E-state index contributed by atoms with van der Waals surface area (Å²) < 4.78 is 0. The maximum absolute atomic E-state index is 12.1. The van der Waals surface area contributed by atoms with Gasteiger partial charge in [0, 0.05) is 27.2 Å². The molecule has 1 aliphatic rings. The van der Waals surface area contributed by atoms with Crippen LogP contribution in [0, 0.1) is 5.92 Å². The van der Waals surface area contributed by atoms with Crippen LogP contribution in [0.15, 0.2) is 0 Å². The Labute approximate surface area is 128 Å². The maximum Gasteiger partial charge on any atom is 0.263 e. The lowest BCUT2D eigenvalue weighted by molar-refractivity contribution is 0.0963. The van der Waals surface area contributed by atoms with Crippen LogP contribution in [0.2, 0.25) is 0 Å². The molecule has 2 amide bonds. The minimum atomic E-state index is -0.250. The van der Waals surface area contributed by atoms with Gasteiger partial charge in [-0.15, -0.1) is 11.3 Å². The van der Waals surface area contributed by atoms with Crippen molar-refractivity contribution in [2.75, 3.05) is 37.8 Å². The maximum atomic E-state index is 12.1. The van der Waals surface area contributed by atoms with Crippen LogP contribution in [0.3, 0.4) is 0 Å². The first-order valence-corrected chi connectivity index (χ1v) is 7.96. The van der Waals surface area contributed by atoms with Gasteiger partial charge in [-0.2, -0.15) is 0 Å². The minimum Gasteiger partial charge on any atom is -0.397 e. The van der Waals surface area contributed by atoms with E-state index >= 15 is 0 Å². The third-order valence-electron chi connectivity index (χ3n) is 3.96. The number of thiophene rings is 1. The topological polar surface area (TPSA) is 87.5 Å². The number of rotatable bonds is 4. The summed E-state index contributed by atoms with van der Waals surface area (Å²) in [7, 11) is 3.13. The molecule has 0 spiro atoms. The normalized spacial score (nSPS) is 17.9. The Bertz CT molecular complexity index is 555. The molecule has 1 aromatic rings. The molecule has 4 N–H and O–H groups in total. The van der Waals surface area contributed by atoms with E-state index in [1.165, 1.54) is 11.3 Å². The predicted molar refractivity (Wildman–Crippen MR) is 86.1 cm³/mol. The standard InChI is InChI=1S/C14H22N4O2S/c1-4-8-5-6-18(7-8)14-9(12(19)16-2)10(15)11(21-14)13(20)17-3/h8H,4-7,15H2,1-3H3,(H,16,19)(H,17,20). The Balaban J connectivity index is 2.44. The first-order valence-electron chi connectivity index (χ1n) is 7.14. The number of nitrogens with one attached hydrogen (secondary N) is 2. The first kappa shape index (κ1) is 15.6. The third kappa shape index (κ3) is 2.83. The number of carbonyl (C=O) groups is 2. The Hall–Kier alpha value is -1.76. The van der Waals surface area contributed by atoms with Crippen LogP contribution in [-0.4, -0.2) is 39.0 Å². The van der Waals surface area contributed by atoms with Crippen LogP contribution < -0.4 is 21.3 Å². The van der Waals surface area contributed by atoms with Crippen molar-refractivity contribution >= 4 is 33.8 Å².